The van der Waals surface area contributed by atoms with E-state index >= 15 is 0 Å². The first-order valence-electron chi connectivity index (χ1n) is 5.82. The van der Waals surface area contributed by atoms with Gasteiger partial charge in [0.1, 0.15) is 5.65 Å². The van der Waals surface area contributed by atoms with Crippen LogP contribution in [0.4, 0.5) is 0 Å². The number of carbonyl (C=O) groups is 1. The second-order valence-corrected chi connectivity index (χ2v) is 4.23. The summed E-state index contributed by atoms with van der Waals surface area (Å²) in [6, 6.07) is 1.38. The maximum Gasteiger partial charge on any atom is 0.336 e. The minimum Gasteiger partial charge on any atom is -0.478 e. The van der Waals surface area contributed by atoms with Gasteiger partial charge < -0.3 is 5.11 Å². The van der Waals surface area contributed by atoms with Crippen LogP contribution < -0.4 is 11.2 Å². The summed E-state index contributed by atoms with van der Waals surface area (Å²) in [6.07, 6.45) is 1.37. The maximum absolute atomic E-state index is 11.8. The van der Waals surface area contributed by atoms with Crippen LogP contribution in [0.5, 0.6) is 0 Å². The van der Waals surface area contributed by atoms with Gasteiger partial charge in [-0.3, -0.25) is 14.3 Å². The summed E-state index contributed by atoms with van der Waals surface area (Å²) in [5.41, 5.74) is -0.837. The summed E-state index contributed by atoms with van der Waals surface area (Å²) in [5, 5.41) is 9.12. The molecular formula is C12H13N3O4. The largest absolute Gasteiger partial charge is 0.478 e. The Morgan fingerprint density at radius 2 is 2.16 bits per heavy atom. The lowest BCUT2D eigenvalue weighted by Crippen LogP contribution is -2.30. The SMILES string of the molecule is CCCc1cc(C(=O)O)c2c(=O)[nH]c(=O)n(C)c2n1. The van der Waals surface area contributed by atoms with Crippen LogP contribution in [0.2, 0.25) is 0 Å². The summed E-state index contributed by atoms with van der Waals surface area (Å²) in [6.45, 7) is 1.93. The minimum atomic E-state index is -1.21. The van der Waals surface area contributed by atoms with Crippen LogP contribution in [0.25, 0.3) is 11.0 Å². The highest BCUT2D eigenvalue weighted by atomic mass is 16.4. The first kappa shape index (κ1) is 13.0. The number of H-pyrrole nitrogens is 1. The Kier molecular flexibility index (Phi) is 3.20. The topological polar surface area (TPSA) is 105 Å². The lowest BCUT2D eigenvalue weighted by Gasteiger charge is -2.08. The quantitative estimate of drug-likeness (QED) is 0.827. The summed E-state index contributed by atoms with van der Waals surface area (Å²) in [5.74, 6) is -1.21. The first-order valence-corrected chi connectivity index (χ1v) is 5.82. The van der Waals surface area contributed by atoms with Gasteiger partial charge in [0.25, 0.3) is 5.56 Å². The monoisotopic (exact) mass is 263 g/mol. The Morgan fingerprint density at radius 1 is 1.47 bits per heavy atom. The molecule has 0 amide bonds. The fourth-order valence-electron chi connectivity index (χ4n) is 1.94. The molecule has 0 saturated heterocycles. The van der Waals surface area contributed by atoms with Crippen LogP contribution in [0.1, 0.15) is 29.4 Å². The van der Waals surface area contributed by atoms with Crippen molar-refractivity contribution in [3.8, 4) is 0 Å². The summed E-state index contributed by atoms with van der Waals surface area (Å²) < 4.78 is 1.14. The van der Waals surface area contributed by atoms with Gasteiger partial charge in [-0.1, -0.05) is 13.3 Å². The molecule has 0 aromatic carbocycles. The van der Waals surface area contributed by atoms with Crippen molar-refractivity contribution in [3.63, 3.8) is 0 Å². The average Bonchev–Trinajstić information content (AvgIpc) is 2.35. The van der Waals surface area contributed by atoms with Crippen LogP contribution in [-0.2, 0) is 13.5 Å². The maximum atomic E-state index is 11.8. The zero-order chi connectivity index (χ0) is 14.2. The van der Waals surface area contributed by atoms with Gasteiger partial charge >= 0.3 is 11.7 Å². The molecule has 0 atom stereocenters. The van der Waals surface area contributed by atoms with Crippen LogP contribution in [-0.4, -0.2) is 25.6 Å². The minimum absolute atomic E-state index is 0.0746. The molecule has 0 aliphatic heterocycles. The lowest BCUT2D eigenvalue weighted by atomic mass is 10.1. The predicted octanol–water partition coefficient (Wildman–Crippen LogP) is 0.272. The predicted molar refractivity (Wildman–Crippen MR) is 68.6 cm³/mol. The van der Waals surface area contributed by atoms with Crippen molar-refractivity contribution in [1.29, 1.82) is 0 Å². The van der Waals surface area contributed by atoms with Crippen LogP contribution in [0.3, 0.4) is 0 Å². The van der Waals surface area contributed by atoms with Crippen LogP contribution in [0.15, 0.2) is 15.7 Å². The van der Waals surface area contributed by atoms with Crippen molar-refractivity contribution in [2.45, 2.75) is 19.8 Å². The third-order valence-electron chi connectivity index (χ3n) is 2.86. The molecule has 7 heteroatoms. The van der Waals surface area contributed by atoms with Crippen molar-refractivity contribution in [2.75, 3.05) is 0 Å². The first-order chi connectivity index (χ1) is 8.95. The van der Waals surface area contributed by atoms with Gasteiger partial charge in [-0.05, 0) is 12.5 Å². The third-order valence-corrected chi connectivity index (χ3v) is 2.86. The van der Waals surface area contributed by atoms with Gasteiger partial charge in [-0.2, -0.15) is 0 Å². The highest BCUT2D eigenvalue weighted by molar-refractivity contribution is 6.01. The van der Waals surface area contributed by atoms with Gasteiger partial charge in [0, 0.05) is 12.7 Å². The number of carboxylic acids is 1. The number of rotatable bonds is 3. The summed E-state index contributed by atoms with van der Waals surface area (Å²) in [4.78, 5) is 40.8. The molecule has 0 unspecified atom stereocenters. The Balaban J connectivity index is 2.99. The van der Waals surface area contributed by atoms with Crippen molar-refractivity contribution in [1.82, 2.24) is 14.5 Å². The summed E-state index contributed by atoms with van der Waals surface area (Å²) in [7, 11) is 1.44. The zero-order valence-corrected chi connectivity index (χ0v) is 10.6. The number of carboxylic acid groups (broad SMARTS) is 1. The Bertz CT molecular complexity index is 773. The van der Waals surface area contributed by atoms with E-state index in [9.17, 15) is 19.5 Å². The molecule has 2 aromatic rings. The van der Waals surface area contributed by atoms with E-state index in [-0.39, 0.29) is 16.6 Å². The molecule has 2 N–H and O–H groups in total. The van der Waals surface area contributed by atoms with Gasteiger partial charge in [-0.25, -0.2) is 14.6 Å². The molecule has 2 aromatic heterocycles. The molecule has 0 saturated carbocycles. The van der Waals surface area contributed by atoms with E-state index in [1.807, 2.05) is 6.92 Å². The molecule has 19 heavy (non-hydrogen) atoms. The highest BCUT2D eigenvalue weighted by Gasteiger charge is 2.17. The molecule has 0 aliphatic carbocycles. The normalized spacial score (nSPS) is 10.8. The van der Waals surface area contributed by atoms with E-state index < -0.39 is 17.2 Å². The molecule has 2 heterocycles. The molecule has 2 rings (SSSR count). The fourth-order valence-corrected chi connectivity index (χ4v) is 1.94. The molecule has 0 fully saturated rings. The number of nitrogens with zero attached hydrogens (tertiary/aromatic N) is 2. The molecule has 0 bridgehead atoms. The van der Waals surface area contributed by atoms with E-state index in [4.69, 9.17) is 0 Å². The molecular weight excluding hydrogens is 250 g/mol. The van der Waals surface area contributed by atoms with E-state index in [0.717, 1.165) is 11.0 Å². The summed E-state index contributed by atoms with van der Waals surface area (Å²) >= 11 is 0. The lowest BCUT2D eigenvalue weighted by molar-refractivity contribution is 0.0698. The van der Waals surface area contributed by atoms with E-state index in [1.165, 1.54) is 13.1 Å². The number of aromatic nitrogens is 3. The smallest absolute Gasteiger partial charge is 0.336 e. The molecule has 0 radical (unpaired) electrons. The number of pyridine rings is 1. The number of nitrogens with one attached hydrogen (secondary N) is 1. The Labute approximate surface area is 107 Å². The standard InChI is InChI=1S/C12H13N3O4/c1-3-4-6-5-7(11(17)18)8-9(13-6)15(2)12(19)14-10(8)16/h5H,3-4H2,1-2H3,(H,17,18)(H,14,16,19). The van der Waals surface area contributed by atoms with Crippen molar-refractivity contribution in [2.24, 2.45) is 7.05 Å². The second-order valence-electron chi connectivity index (χ2n) is 4.23. The molecule has 0 aliphatic rings. The van der Waals surface area contributed by atoms with E-state index in [1.54, 1.807) is 0 Å². The Hall–Kier alpha value is -2.44. The van der Waals surface area contributed by atoms with E-state index in [2.05, 4.69) is 9.97 Å². The number of aromatic amines is 1. The fraction of sp³-hybridized carbons (Fsp3) is 0.333. The van der Waals surface area contributed by atoms with Crippen molar-refractivity contribution < 1.29 is 9.90 Å². The number of hydrogen-bond donors (Lipinski definition) is 2. The van der Waals surface area contributed by atoms with E-state index in [0.29, 0.717) is 12.1 Å². The van der Waals surface area contributed by atoms with Crippen LogP contribution >= 0.6 is 0 Å². The van der Waals surface area contributed by atoms with Gasteiger partial charge in [0.2, 0.25) is 0 Å². The number of aromatic carboxylic acids is 1. The Morgan fingerprint density at radius 3 is 2.74 bits per heavy atom. The highest BCUT2D eigenvalue weighted by Crippen LogP contribution is 2.14. The zero-order valence-electron chi connectivity index (χ0n) is 10.6. The number of aryl methyl sites for hydroxylation is 2. The second kappa shape index (κ2) is 4.68. The van der Waals surface area contributed by atoms with Gasteiger partial charge in [-0.15, -0.1) is 0 Å². The van der Waals surface area contributed by atoms with Gasteiger partial charge in [0.15, 0.2) is 0 Å². The number of fused-ring (bicyclic) bond motifs is 1. The number of hydrogen-bond acceptors (Lipinski definition) is 4. The molecule has 7 nitrogen and oxygen atoms in total. The van der Waals surface area contributed by atoms with Crippen LogP contribution in [0, 0.1) is 0 Å². The molecule has 100 valence electrons. The third kappa shape index (κ3) is 2.14. The average molecular weight is 263 g/mol. The van der Waals surface area contributed by atoms with Gasteiger partial charge in [0.05, 0.1) is 10.9 Å². The molecule has 0 spiro atoms. The van der Waals surface area contributed by atoms with Crippen molar-refractivity contribution in [3.05, 3.63) is 38.2 Å². The van der Waals surface area contributed by atoms with Crippen molar-refractivity contribution >= 4 is 17.0 Å².